The van der Waals surface area contributed by atoms with Gasteiger partial charge in [-0.25, -0.2) is 4.98 Å². The third-order valence-electron chi connectivity index (χ3n) is 4.16. The van der Waals surface area contributed by atoms with Crippen molar-refractivity contribution in [2.75, 3.05) is 4.90 Å². The molecule has 26 heavy (non-hydrogen) atoms. The van der Waals surface area contributed by atoms with Crippen LogP contribution < -0.4 is 4.90 Å². The Hall–Kier alpha value is -2.86. The summed E-state index contributed by atoms with van der Waals surface area (Å²) in [5, 5.41) is 0.630. The van der Waals surface area contributed by atoms with Crippen molar-refractivity contribution in [3.63, 3.8) is 0 Å². The summed E-state index contributed by atoms with van der Waals surface area (Å²) in [5.41, 5.74) is 2.12. The number of nitrogens with zero attached hydrogens (tertiary/aromatic N) is 2. The van der Waals surface area contributed by atoms with Crippen LogP contribution in [-0.2, 0) is 6.54 Å². The number of fused-ring (bicyclic) bond motifs is 1. The third kappa shape index (κ3) is 3.04. The van der Waals surface area contributed by atoms with E-state index in [2.05, 4.69) is 19.9 Å². The quantitative estimate of drug-likeness (QED) is 0.471. The summed E-state index contributed by atoms with van der Waals surface area (Å²) in [5.74, 6) is 1.08. The van der Waals surface area contributed by atoms with Crippen molar-refractivity contribution in [1.82, 2.24) is 4.98 Å². The molecule has 0 aliphatic carbocycles. The monoisotopic (exact) mass is 366 g/mol. The predicted molar refractivity (Wildman–Crippen MR) is 102 cm³/mol. The van der Waals surface area contributed by atoms with Crippen LogP contribution in [0.4, 0.5) is 5.13 Å². The normalized spacial score (nSPS) is 11.3. The number of para-hydroxylation sites is 1. The first kappa shape index (κ1) is 16.6. The Balaban J connectivity index is 1.79. The van der Waals surface area contributed by atoms with Gasteiger partial charge in [-0.05, 0) is 41.8 Å². The molecule has 3 heterocycles. The fourth-order valence-corrected chi connectivity index (χ4v) is 3.86. The molecule has 1 amide bonds. The smallest absolute Gasteiger partial charge is 0.296 e. The zero-order chi connectivity index (χ0) is 18.1. The molecule has 0 bridgehead atoms. The lowest BCUT2D eigenvalue weighted by Crippen LogP contribution is -2.29. The highest BCUT2D eigenvalue weighted by atomic mass is 32.1. The predicted octanol–water partition coefficient (Wildman–Crippen LogP) is 5.45. The van der Waals surface area contributed by atoms with E-state index in [-0.39, 0.29) is 11.7 Å². The minimum atomic E-state index is -0.239. The Kier molecular flexibility index (Phi) is 4.34. The molecule has 5 nitrogen and oxygen atoms in total. The number of carbonyl (C=O) groups excluding carboxylic acids is 1. The molecule has 1 aromatic carbocycles. The van der Waals surface area contributed by atoms with Crippen molar-refractivity contribution < 1.29 is 13.6 Å². The van der Waals surface area contributed by atoms with Gasteiger partial charge in [0, 0.05) is 0 Å². The molecule has 0 aliphatic heterocycles. The number of hydrogen-bond donors (Lipinski definition) is 0. The molecule has 0 atom stereocenters. The number of thiazole rings is 1. The van der Waals surface area contributed by atoms with E-state index >= 15 is 0 Å². The number of amides is 1. The fraction of sp³-hybridized carbons (Fsp3) is 0.200. The van der Waals surface area contributed by atoms with Crippen LogP contribution >= 0.6 is 11.3 Å². The molecule has 4 rings (SSSR count). The van der Waals surface area contributed by atoms with E-state index < -0.39 is 0 Å². The summed E-state index contributed by atoms with van der Waals surface area (Å²) in [6.45, 7) is 4.58. The molecule has 0 saturated heterocycles. The van der Waals surface area contributed by atoms with Crippen LogP contribution in [0.2, 0.25) is 0 Å². The van der Waals surface area contributed by atoms with Gasteiger partial charge in [0.25, 0.3) is 5.91 Å². The van der Waals surface area contributed by atoms with E-state index in [0.717, 1.165) is 10.2 Å². The van der Waals surface area contributed by atoms with Gasteiger partial charge in [0.15, 0.2) is 10.9 Å². The van der Waals surface area contributed by atoms with Gasteiger partial charge in [-0.3, -0.25) is 9.69 Å². The average Bonchev–Trinajstić information content (AvgIpc) is 3.39. The molecule has 0 saturated carbocycles. The Morgan fingerprint density at radius 2 is 1.92 bits per heavy atom. The number of aromatic nitrogens is 1. The topological polar surface area (TPSA) is 59.5 Å². The molecular formula is C20H18N2O3S. The van der Waals surface area contributed by atoms with Crippen LogP contribution in [0.25, 0.3) is 10.2 Å². The lowest BCUT2D eigenvalue weighted by atomic mass is 10.0. The second kappa shape index (κ2) is 6.80. The van der Waals surface area contributed by atoms with Crippen molar-refractivity contribution in [3.05, 3.63) is 72.1 Å². The molecule has 0 spiro atoms. The summed E-state index contributed by atoms with van der Waals surface area (Å²) in [4.78, 5) is 19.4. The van der Waals surface area contributed by atoms with Gasteiger partial charge < -0.3 is 8.83 Å². The van der Waals surface area contributed by atoms with Crippen LogP contribution in [0.3, 0.4) is 0 Å². The number of anilines is 1. The lowest BCUT2D eigenvalue weighted by Gasteiger charge is -2.17. The van der Waals surface area contributed by atoms with Gasteiger partial charge in [0.2, 0.25) is 0 Å². The summed E-state index contributed by atoms with van der Waals surface area (Å²) >= 11 is 1.50. The SMILES string of the molecule is CC(C)c1cccc2sc(N(Cc3ccco3)C(=O)c3ccco3)nc12. The maximum atomic E-state index is 13.0. The van der Waals surface area contributed by atoms with E-state index in [1.807, 2.05) is 18.2 Å². The van der Waals surface area contributed by atoms with Crippen molar-refractivity contribution >= 4 is 32.6 Å². The number of carbonyl (C=O) groups is 1. The summed E-state index contributed by atoms with van der Waals surface area (Å²) < 4.78 is 11.8. The highest BCUT2D eigenvalue weighted by molar-refractivity contribution is 7.22. The maximum Gasteiger partial charge on any atom is 0.296 e. The van der Waals surface area contributed by atoms with Crippen molar-refractivity contribution in [2.24, 2.45) is 0 Å². The molecule has 0 unspecified atom stereocenters. The molecule has 3 aromatic heterocycles. The first-order valence-electron chi connectivity index (χ1n) is 8.40. The summed E-state index contributed by atoms with van der Waals surface area (Å²) in [7, 11) is 0. The standard InChI is InChI=1S/C20H18N2O3S/c1-13(2)15-7-3-9-17-18(15)21-20(26-17)22(12-14-6-4-10-24-14)19(23)16-8-5-11-25-16/h3-11,13H,12H2,1-2H3. The Bertz CT molecular complexity index is 1020. The van der Waals surface area contributed by atoms with Crippen LogP contribution in [0.15, 0.2) is 63.8 Å². The van der Waals surface area contributed by atoms with Crippen LogP contribution in [-0.4, -0.2) is 10.9 Å². The van der Waals surface area contributed by atoms with Gasteiger partial charge in [-0.2, -0.15) is 0 Å². The van der Waals surface area contributed by atoms with Gasteiger partial charge in [-0.15, -0.1) is 0 Å². The Labute approximate surface area is 154 Å². The highest BCUT2D eigenvalue weighted by Gasteiger charge is 2.25. The van der Waals surface area contributed by atoms with Gasteiger partial charge >= 0.3 is 0 Å². The van der Waals surface area contributed by atoms with Crippen molar-refractivity contribution in [2.45, 2.75) is 26.3 Å². The highest BCUT2D eigenvalue weighted by Crippen LogP contribution is 2.34. The van der Waals surface area contributed by atoms with E-state index in [1.54, 1.807) is 29.4 Å². The molecular weight excluding hydrogens is 348 g/mol. The zero-order valence-corrected chi connectivity index (χ0v) is 15.3. The number of furan rings is 2. The van der Waals surface area contributed by atoms with E-state index in [0.29, 0.717) is 23.4 Å². The summed E-state index contributed by atoms with van der Waals surface area (Å²) in [6.07, 6.45) is 3.09. The number of hydrogen-bond acceptors (Lipinski definition) is 5. The molecule has 6 heteroatoms. The van der Waals surface area contributed by atoms with E-state index in [1.165, 1.54) is 23.2 Å². The largest absolute Gasteiger partial charge is 0.467 e. The van der Waals surface area contributed by atoms with Crippen LogP contribution in [0, 0.1) is 0 Å². The first-order chi connectivity index (χ1) is 12.6. The van der Waals surface area contributed by atoms with Crippen molar-refractivity contribution in [3.8, 4) is 0 Å². The Morgan fingerprint density at radius 1 is 1.12 bits per heavy atom. The molecule has 0 radical (unpaired) electrons. The summed E-state index contributed by atoms with van der Waals surface area (Å²) in [6, 6.07) is 13.2. The number of rotatable bonds is 5. The van der Waals surface area contributed by atoms with E-state index in [4.69, 9.17) is 13.8 Å². The first-order valence-corrected chi connectivity index (χ1v) is 9.22. The maximum absolute atomic E-state index is 13.0. The Morgan fingerprint density at radius 3 is 2.62 bits per heavy atom. The molecule has 0 aliphatic rings. The van der Waals surface area contributed by atoms with Crippen LogP contribution in [0.1, 0.15) is 41.6 Å². The molecule has 4 aromatic rings. The van der Waals surface area contributed by atoms with Crippen LogP contribution in [0.5, 0.6) is 0 Å². The molecule has 132 valence electrons. The fourth-order valence-electron chi connectivity index (χ4n) is 2.86. The minimum absolute atomic E-state index is 0.239. The van der Waals surface area contributed by atoms with Gasteiger partial charge in [0.1, 0.15) is 5.76 Å². The average molecular weight is 366 g/mol. The molecule has 0 fully saturated rings. The second-order valence-corrected chi connectivity index (χ2v) is 7.30. The molecule has 0 N–H and O–H groups in total. The lowest BCUT2D eigenvalue weighted by molar-refractivity contribution is 0.0956. The van der Waals surface area contributed by atoms with E-state index in [9.17, 15) is 4.79 Å². The zero-order valence-electron chi connectivity index (χ0n) is 14.5. The van der Waals surface area contributed by atoms with Crippen molar-refractivity contribution in [1.29, 1.82) is 0 Å². The number of benzene rings is 1. The second-order valence-electron chi connectivity index (χ2n) is 6.29. The van der Waals surface area contributed by atoms with Gasteiger partial charge in [-0.1, -0.05) is 37.3 Å². The minimum Gasteiger partial charge on any atom is -0.467 e. The third-order valence-corrected chi connectivity index (χ3v) is 5.21. The van der Waals surface area contributed by atoms with Gasteiger partial charge in [0.05, 0.1) is 29.3 Å².